The first-order chi connectivity index (χ1) is 10.1. The second kappa shape index (κ2) is 8.14. The molecule has 2 fully saturated rings. The van der Waals surface area contributed by atoms with Crippen LogP contribution >= 0.6 is 0 Å². The van der Waals surface area contributed by atoms with Gasteiger partial charge in [0.25, 0.3) is 0 Å². The third-order valence-corrected chi connectivity index (χ3v) is 5.18. The smallest absolute Gasteiger partial charge is 0.237 e. The molecule has 4 nitrogen and oxygen atoms in total. The second-order valence-electron chi connectivity index (χ2n) is 6.90. The minimum atomic E-state index is 0.326. The van der Waals surface area contributed by atoms with Crippen molar-refractivity contribution in [3.05, 3.63) is 0 Å². The summed E-state index contributed by atoms with van der Waals surface area (Å²) in [7, 11) is 0. The number of carbonyl (C=O) groups is 1. The molecule has 4 heteroatoms. The Labute approximate surface area is 130 Å². The van der Waals surface area contributed by atoms with Crippen LogP contribution in [0.3, 0.4) is 0 Å². The van der Waals surface area contributed by atoms with Gasteiger partial charge in [0.2, 0.25) is 5.91 Å². The molecule has 122 valence electrons. The maximum Gasteiger partial charge on any atom is 0.237 e. The van der Waals surface area contributed by atoms with Crippen LogP contribution < -0.4 is 5.32 Å². The van der Waals surface area contributed by atoms with Crippen molar-refractivity contribution in [1.82, 2.24) is 15.1 Å². The summed E-state index contributed by atoms with van der Waals surface area (Å²) in [6, 6.07) is 1.39. The molecule has 0 aromatic rings. The highest BCUT2D eigenvalue weighted by atomic mass is 16.2. The number of hydrogen-bond donors (Lipinski definition) is 1. The van der Waals surface area contributed by atoms with Crippen molar-refractivity contribution in [2.24, 2.45) is 0 Å². The summed E-state index contributed by atoms with van der Waals surface area (Å²) in [6.45, 7) is 10.3. The van der Waals surface area contributed by atoms with E-state index in [4.69, 9.17) is 0 Å². The lowest BCUT2D eigenvalue weighted by molar-refractivity contribution is -0.138. The normalized spacial score (nSPS) is 30.7. The Morgan fingerprint density at radius 3 is 2.43 bits per heavy atom. The summed E-state index contributed by atoms with van der Waals surface area (Å²) in [5.41, 5.74) is 0. The average molecular weight is 295 g/mol. The molecule has 2 rings (SSSR count). The van der Waals surface area contributed by atoms with E-state index in [9.17, 15) is 4.79 Å². The predicted molar refractivity (Wildman–Crippen MR) is 87.4 cm³/mol. The van der Waals surface area contributed by atoms with Gasteiger partial charge in [-0.25, -0.2) is 0 Å². The van der Waals surface area contributed by atoms with Gasteiger partial charge in [-0.2, -0.15) is 0 Å². The topological polar surface area (TPSA) is 35.6 Å². The first kappa shape index (κ1) is 16.8. The highest BCUT2D eigenvalue weighted by Crippen LogP contribution is 2.22. The maximum absolute atomic E-state index is 12.7. The van der Waals surface area contributed by atoms with Crippen LogP contribution in [0.5, 0.6) is 0 Å². The SMILES string of the molecule is CCN(CC(=O)N1C(C)CCCC1C)CC1CCCCN1. The van der Waals surface area contributed by atoms with Crippen molar-refractivity contribution in [3.8, 4) is 0 Å². The number of piperidine rings is 2. The average Bonchev–Trinajstić information content (AvgIpc) is 2.47. The third-order valence-electron chi connectivity index (χ3n) is 5.18. The van der Waals surface area contributed by atoms with Gasteiger partial charge in [-0.1, -0.05) is 13.3 Å². The van der Waals surface area contributed by atoms with Gasteiger partial charge in [0, 0.05) is 24.7 Å². The number of likely N-dealkylation sites (tertiary alicyclic amines) is 1. The van der Waals surface area contributed by atoms with Crippen molar-refractivity contribution >= 4 is 5.91 Å². The molecule has 1 N–H and O–H groups in total. The Kier molecular flexibility index (Phi) is 6.49. The highest BCUT2D eigenvalue weighted by molar-refractivity contribution is 5.79. The molecule has 0 saturated carbocycles. The molecule has 2 saturated heterocycles. The number of carbonyl (C=O) groups excluding carboxylic acids is 1. The minimum Gasteiger partial charge on any atom is -0.336 e. The maximum atomic E-state index is 12.7. The van der Waals surface area contributed by atoms with Crippen LogP contribution in [0.1, 0.15) is 59.3 Å². The standard InChI is InChI=1S/C17H33N3O/c1-4-19(12-16-10-5-6-11-18-16)13-17(21)20-14(2)8-7-9-15(20)3/h14-16,18H,4-13H2,1-3H3. The summed E-state index contributed by atoms with van der Waals surface area (Å²) in [4.78, 5) is 17.2. The first-order valence-electron chi connectivity index (χ1n) is 8.88. The summed E-state index contributed by atoms with van der Waals surface area (Å²) in [6.07, 6.45) is 7.45. The van der Waals surface area contributed by atoms with Gasteiger partial charge in [-0.3, -0.25) is 9.69 Å². The number of amides is 1. The fraction of sp³-hybridized carbons (Fsp3) is 0.941. The molecular formula is C17H33N3O. The molecule has 2 aliphatic heterocycles. The van der Waals surface area contributed by atoms with Gasteiger partial charge >= 0.3 is 0 Å². The van der Waals surface area contributed by atoms with Crippen LogP contribution in [0.25, 0.3) is 0 Å². The fourth-order valence-corrected chi connectivity index (χ4v) is 3.88. The van der Waals surface area contributed by atoms with E-state index in [1.54, 1.807) is 0 Å². The fourth-order valence-electron chi connectivity index (χ4n) is 3.88. The van der Waals surface area contributed by atoms with E-state index in [0.717, 1.165) is 32.5 Å². The lowest BCUT2D eigenvalue weighted by atomic mass is 9.97. The largest absolute Gasteiger partial charge is 0.336 e. The van der Waals surface area contributed by atoms with Crippen LogP contribution in [-0.4, -0.2) is 60.0 Å². The van der Waals surface area contributed by atoms with E-state index in [0.29, 0.717) is 30.6 Å². The molecule has 0 aromatic carbocycles. The van der Waals surface area contributed by atoms with Crippen LogP contribution in [0.2, 0.25) is 0 Å². The Morgan fingerprint density at radius 2 is 1.86 bits per heavy atom. The van der Waals surface area contributed by atoms with E-state index in [2.05, 4.69) is 35.9 Å². The van der Waals surface area contributed by atoms with Gasteiger partial charge in [0.1, 0.15) is 0 Å². The van der Waals surface area contributed by atoms with Crippen molar-refractivity contribution in [3.63, 3.8) is 0 Å². The molecule has 3 atom stereocenters. The zero-order valence-corrected chi connectivity index (χ0v) is 14.1. The van der Waals surface area contributed by atoms with E-state index in [1.165, 1.54) is 25.7 Å². The number of nitrogens with one attached hydrogen (secondary N) is 1. The minimum absolute atomic E-state index is 0.326. The molecule has 0 aromatic heterocycles. The molecule has 0 bridgehead atoms. The van der Waals surface area contributed by atoms with E-state index < -0.39 is 0 Å². The predicted octanol–water partition coefficient (Wildman–Crippen LogP) is 2.24. The number of hydrogen-bond acceptors (Lipinski definition) is 3. The van der Waals surface area contributed by atoms with Crippen molar-refractivity contribution < 1.29 is 4.79 Å². The lowest BCUT2D eigenvalue weighted by Crippen LogP contribution is -2.52. The van der Waals surface area contributed by atoms with Gasteiger partial charge in [0.15, 0.2) is 0 Å². The first-order valence-corrected chi connectivity index (χ1v) is 8.88. The summed E-state index contributed by atoms with van der Waals surface area (Å²) in [5, 5.41) is 3.59. The van der Waals surface area contributed by atoms with E-state index >= 15 is 0 Å². The van der Waals surface area contributed by atoms with Crippen molar-refractivity contribution in [1.29, 1.82) is 0 Å². The zero-order chi connectivity index (χ0) is 15.2. The molecule has 2 aliphatic rings. The molecule has 2 heterocycles. The van der Waals surface area contributed by atoms with E-state index in [1.807, 2.05) is 0 Å². The number of likely N-dealkylation sites (N-methyl/N-ethyl adjacent to an activating group) is 1. The molecule has 0 radical (unpaired) electrons. The van der Waals surface area contributed by atoms with Crippen LogP contribution in [-0.2, 0) is 4.79 Å². The second-order valence-corrected chi connectivity index (χ2v) is 6.90. The monoisotopic (exact) mass is 295 g/mol. The number of rotatable bonds is 5. The van der Waals surface area contributed by atoms with Crippen LogP contribution in [0.4, 0.5) is 0 Å². The quantitative estimate of drug-likeness (QED) is 0.845. The Morgan fingerprint density at radius 1 is 1.14 bits per heavy atom. The molecule has 21 heavy (non-hydrogen) atoms. The van der Waals surface area contributed by atoms with Crippen LogP contribution in [0.15, 0.2) is 0 Å². The Balaban J connectivity index is 1.86. The zero-order valence-electron chi connectivity index (χ0n) is 14.1. The van der Waals surface area contributed by atoms with Crippen LogP contribution in [0, 0.1) is 0 Å². The molecule has 1 amide bonds. The number of nitrogens with zero attached hydrogens (tertiary/aromatic N) is 2. The highest BCUT2D eigenvalue weighted by Gasteiger charge is 2.29. The molecule has 3 unspecified atom stereocenters. The van der Waals surface area contributed by atoms with Crippen molar-refractivity contribution in [2.75, 3.05) is 26.2 Å². The molecular weight excluding hydrogens is 262 g/mol. The van der Waals surface area contributed by atoms with Crippen molar-refractivity contribution in [2.45, 2.75) is 77.4 Å². The van der Waals surface area contributed by atoms with E-state index in [-0.39, 0.29) is 0 Å². The molecule has 0 aliphatic carbocycles. The lowest BCUT2D eigenvalue weighted by Gasteiger charge is -2.40. The van der Waals surface area contributed by atoms with Gasteiger partial charge in [-0.15, -0.1) is 0 Å². The van der Waals surface area contributed by atoms with Gasteiger partial charge < -0.3 is 10.2 Å². The summed E-state index contributed by atoms with van der Waals surface area (Å²) < 4.78 is 0. The van der Waals surface area contributed by atoms with Gasteiger partial charge in [-0.05, 0) is 59.0 Å². The Bertz CT molecular complexity index is 318. The summed E-state index contributed by atoms with van der Waals surface area (Å²) >= 11 is 0. The molecule has 0 spiro atoms. The Hall–Kier alpha value is -0.610. The third kappa shape index (κ3) is 4.68. The van der Waals surface area contributed by atoms with Gasteiger partial charge in [0.05, 0.1) is 6.54 Å². The summed E-state index contributed by atoms with van der Waals surface area (Å²) in [5.74, 6) is 0.326.